The average Bonchev–Trinajstić information content (AvgIpc) is 2.16. The van der Waals surface area contributed by atoms with Crippen molar-refractivity contribution in [2.75, 3.05) is 6.61 Å². The molecule has 1 rings (SSSR count). The molecule has 0 radical (unpaired) electrons. The molecule has 0 saturated carbocycles. The summed E-state index contributed by atoms with van der Waals surface area (Å²) >= 11 is 0. The minimum atomic E-state index is -0.530. The molecule has 3 heteroatoms. The van der Waals surface area contributed by atoms with Crippen LogP contribution in [0.1, 0.15) is 5.56 Å². The summed E-state index contributed by atoms with van der Waals surface area (Å²) in [6.45, 7) is 5.62. The summed E-state index contributed by atoms with van der Waals surface area (Å²) in [6, 6.07) is 7.54. The zero-order valence-corrected chi connectivity index (χ0v) is 8.12. The van der Waals surface area contributed by atoms with Crippen LogP contribution in [0.3, 0.4) is 0 Å². The Morgan fingerprint density at radius 2 is 2.00 bits per heavy atom. The van der Waals surface area contributed by atoms with Crippen LogP contribution in [-0.4, -0.2) is 12.5 Å². The number of carbonyl (C=O) groups is 1. The standard InChI is InChI=1S/C11H13NO2/c1-8-3-5-10(6-4-8)14-7-9(2)11(12)13/h3-6H,2,7H2,1H3,(H2,12,13). The Hall–Kier alpha value is -1.77. The van der Waals surface area contributed by atoms with E-state index in [-0.39, 0.29) is 12.2 Å². The monoisotopic (exact) mass is 191 g/mol. The molecule has 0 aliphatic heterocycles. The zero-order chi connectivity index (χ0) is 10.6. The van der Waals surface area contributed by atoms with Gasteiger partial charge in [-0.3, -0.25) is 4.79 Å². The van der Waals surface area contributed by atoms with Gasteiger partial charge in [-0.15, -0.1) is 0 Å². The highest BCUT2D eigenvalue weighted by Gasteiger charge is 2.01. The van der Waals surface area contributed by atoms with Crippen molar-refractivity contribution < 1.29 is 9.53 Å². The minimum Gasteiger partial charge on any atom is -0.489 e. The molecule has 0 unspecified atom stereocenters. The Morgan fingerprint density at radius 1 is 1.43 bits per heavy atom. The minimum absolute atomic E-state index is 0.137. The van der Waals surface area contributed by atoms with Gasteiger partial charge in [0.25, 0.3) is 0 Å². The molecular formula is C11H13NO2. The predicted molar refractivity (Wildman–Crippen MR) is 55.0 cm³/mol. The molecule has 0 bridgehead atoms. The maximum atomic E-state index is 10.6. The first-order chi connectivity index (χ1) is 6.59. The number of hydrogen-bond donors (Lipinski definition) is 1. The molecule has 1 amide bonds. The van der Waals surface area contributed by atoms with Crippen molar-refractivity contribution in [1.82, 2.24) is 0 Å². The number of amides is 1. The van der Waals surface area contributed by atoms with Crippen molar-refractivity contribution in [3.63, 3.8) is 0 Å². The van der Waals surface area contributed by atoms with E-state index in [1.165, 1.54) is 0 Å². The van der Waals surface area contributed by atoms with E-state index in [9.17, 15) is 4.79 Å². The van der Waals surface area contributed by atoms with Gasteiger partial charge in [0.15, 0.2) is 0 Å². The van der Waals surface area contributed by atoms with E-state index in [0.717, 1.165) is 5.56 Å². The Kier molecular flexibility index (Phi) is 3.29. The highest BCUT2D eigenvalue weighted by atomic mass is 16.5. The first-order valence-electron chi connectivity index (χ1n) is 4.26. The Morgan fingerprint density at radius 3 is 2.50 bits per heavy atom. The topological polar surface area (TPSA) is 52.3 Å². The number of ether oxygens (including phenoxy) is 1. The Balaban J connectivity index is 2.50. The van der Waals surface area contributed by atoms with E-state index in [0.29, 0.717) is 5.75 Å². The summed E-state index contributed by atoms with van der Waals surface area (Å²) in [7, 11) is 0. The van der Waals surface area contributed by atoms with Crippen molar-refractivity contribution in [3.8, 4) is 5.75 Å². The molecule has 14 heavy (non-hydrogen) atoms. The lowest BCUT2D eigenvalue weighted by molar-refractivity contribution is -0.114. The molecule has 3 nitrogen and oxygen atoms in total. The zero-order valence-electron chi connectivity index (χ0n) is 8.12. The number of primary amides is 1. The summed E-state index contributed by atoms with van der Waals surface area (Å²) < 4.78 is 5.28. The molecule has 0 heterocycles. The number of nitrogens with two attached hydrogens (primary N) is 1. The fraction of sp³-hybridized carbons (Fsp3) is 0.182. The smallest absolute Gasteiger partial charge is 0.247 e. The molecule has 0 saturated heterocycles. The van der Waals surface area contributed by atoms with E-state index in [1.54, 1.807) is 0 Å². The van der Waals surface area contributed by atoms with Crippen LogP contribution >= 0.6 is 0 Å². The first-order valence-corrected chi connectivity index (χ1v) is 4.26. The summed E-state index contributed by atoms with van der Waals surface area (Å²) in [5.41, 5.74) is 6.43. The largest absolute Gasteiger partial charge is 0.489 e. The second-order valence-corrected chi connectivity index (χ2v) is 3.07. The van der Waals surface area contributed by atoms with Crippen LogP contribution in [0.5, 0.6) is 5.75 Å². The maximum absolute atomic E-state index is 10.6. The summed E-state index contributed by atoms with van der Waals surface area (Å²) in [5.74, 6) is 0.176. The molecule has 0 aliphatic rings. The number of carbonyl (C=O) groups excluding carboxylic acids is 1. The van der Waals surface area contributed by atoms with Gasteiger partial charge in [-0.05, 0) is 19.1 Å². The third kappa shape index (κ3) is 2.94. The molecular weight excluding hydrogens is 178 g/mol. The second kappa shape index (κ2) is 4.46. The van der Waals surface area contributed by atoms with Crippen molar-refractivity contribution in [1.29, 1.82) is 0 Å². The van der Waals surface area contributed by atoms with Gasteiger partial charge in [-0.1, -0.05) is 24.3 Å². The third-order valence-corrected chi connectivity index (χ3v) is 1.78. The van der Waals surface area contributed by atoms with Crippen LogP contribution in [0.4, 0.5) is 0 Å². The summed E-state index contributed by atoms with van der Waals surface area (Å²) in [4.78, 5) is 10.6. The molecule has 2 N–H and O–H groups in total. The van der Waals surface area contributed by atoms with Gasteiger partial charge >= 0.3 is 0 Å². The van der Waals surface area contributed by atoms with Gasteiger partial charge in [0, 0.05) is 5.57 Å². The van der Waals surface area contributed by atoms with E-state index in [1.807, 2.05) is 31.2 Å². The fourth-order valence-corrected chi connectivity index (χ4v) is 0.876. The lowest BCUT2D eigenvalue weighted by atomic mass is 10.2. The quantitative estimate of drug-likeness (QED) is 0.731. The van der Waals surface area contributed by atoms with Crippen LogP contribution in [-0.2, 0) is 4.79 Å². The molecule has 0 fully saturated rings. The molecule has 0 spiro atoms. The Labute approximate surface area is 83.2 Å². The van der Waals surface area contributed by atoms with Crippen LogP contribution in [0.15, 0.2) is 36.4 Å². The van der Waals surface area contributed by atoms with Crippen LogP contribution in [0.2, 0.25) is 0 Å². The van der Waals surface area contributed by atoms with Gasteiger partial charge < -0.3 is 10.5 Å². The van der Waals surface area contributed by atoms with Crippen molar-refractivity contribution in [3.05, 3.63) is 42.0 Å². The number of rotatable bonds is 4. The third-order valence-electron chi connectivity index (χ3n) is 1.78. The highest BCUT2D eigenvalue weighted by Crippen LogP contribution is 2.11. The summed E-state index contributed by atoms with van der Waals surface area (Å²) in [6.07, 6.45) is 0. The SMILES string of the molecule is C=C(COc1ccc(C)cc1)C(N)=O. The number of benzene rings is 1. The van der Waals surface area contributed by atoms with Crippen molar-refractivity contribution in [2.24, 2.45) is 5.73 Å². The van der Waals surface area contributed by atoms with Gasteiger partial charge in [0.05, 0.1) is 0 Å². The van der Waals surface area contributed by atoms with E-state index < -0.39 is 5.91 Å². The number of hydrogen-bond acceptors (Lipinski definition) is 2. The fourth-order valence-electron chi connectivity index (χ4n) is 0.876. The van der Waals surface area contributed by atoms with Crippen LogP contribution in [0, 0.1) is 6.92 Å². The van der Waals surface area contributed by atoms with Crippen molar-refractivity contribution >= 4 is 5.91 Å². The highest BCUT2D eigenvalue weighted by molar-refractivity contribution is 5.91. The van der Waals surface area contributed by atoms with Crippen molar-refractivity contribution in [2.45, 2.75) is 6.92 Å². The lowest BCUT2D eigenvalue weighted by Gasteiger charge is -2.05. The average molecular weight is 191 g/mol. The van der Waals surface area contributed by atoms with E-state index >= 15 is 0 Å². The second-order valence-electron chi connectivity index (χ2n) is 3.07. The van der Waals surface area contributed by atoms with Crippen LogP contribution in [0.25, 0.3) is 0 Å². The first kappa shape index (κ1) is 10.3. The maximum Gasteiger partial charge on any atom is 0.247 e. The number of aryl methyl sites for hydroxylation is 1. The van der Waals surface area contributed by atoms with Crippen LogP contribution < -0.4 is 10.5 Å². The van der Waals surface area contributed by atoms with Gasteiger partial charge in [-0.25, -0.2) is 0 Å². The van der Waals surface area contributed by atoms with E-state index in [4.69, 9.17) is 10.5 Å². The molecule has 0 aliphatic carbocycles. The predicted octanol–water partition coefficient (Wildman–Crippen LogP) is 1.42. The van der Waals surface area contributed by atoms with Gasteiger partial charge in [0.2, 0.25) is 5.91 Å². The Bertz CT molecular complexity index is 341. The lowest BCUT2D eigenvalue weighted by Crippen LogP contribution is -2.18. The molecule has 0 atom stereocenters. The molecule has 1 aromatic carbocycles. The molecule has 0 aromatic heterocycles. The van der Waals surface area contributed by atoms with E-state index in [2.05, 4.69) is 6.58 Å². The van der Waals surface area contributed by atoms with Gasteiger partial charge in [-0.2, -0.15) is 0 Å². The summed E-state index contributed by atoms with van der Waals surface area (Å²) in [5, 5.41) is 0. The molecule has 74 valence electrons. The molecule has 1 aromatic rings. The normalized spacial score (nSPS) is 9.50. The van der Waals surface area contributed by atoms with Gasteiger partial charge in [0.1, 0.15) is 12.4 Å².